The minimum atomic E-state index is -0.398. The molecular formula is C15H17NO3. The molecule has 1 aromatic heterocycles. The summed E-state index contributed by atoms with van der Waals surface area (Å²) < 4.78 is 5.14. The van der Waals surface area contributed by atoms with Gasteiger partial charge in [-0.3, -0.25) is 4.79 Å². The van der Waals surface area contributed by atoms with E-state index in [1.165, 1.54) is 6.07 Å². The van der Waals surface area contributed by atoms with E-state index in [2.05, 4.69) is 5.32 Å². The Kier molecular flexibility index (Phi) is 3.69. The minimum Gasteiger partial charge on any atom is -0.423 e. The van der Waals surface area contributed by atoms with Gasteiger partial charge in [-0.25, -0.2) is 4.79 Å². The van der Waals surface area contributed by atoms with Gasteiger partial charge in [0, 0.05) is 23.9 Å². The summed E-state index contributed by atoms with van der Waals surface area (Å²) in [5.74, 6) is -0.109. The summed E-state index contributed by atoms with van der Waals surface area (Å²) in [6.45, 7) is 5.97. The SMILES string of the molecule is Cc1ccc2oc(=O)cc(CNC(=O)C(C)C)c2c1. The lowest BCUT2D eigenvalue weighted by atomic mass is 10.1. The summed E-state index contributed by atoms with van der Waals surface area (Å²) in [4.78, 5) is 23.1. The molecule has 0 radical (unpaired) electrons. The average molecular weight is 259 g/mol. The van der Waals surface area contributed by atoms with Crippen LogP contribution in [-0.4, -0.2) is 5.91 Å². The largest absolute Gasteiger partial charge is 0.423 e. The van der Waals surface area contributed by atoms with E-state index < -0.39 is 5.63 Å². The Bertz CT molecular complexity index is 671. The molecule has 0 aliphatic rings. The van der Waals surface area contributed by atoms with Crippen LogP contribution in [0.5, 0.6) is 0 Å². The molecule has 2 aromatic rings. The topological polar surface area (TPSA) is 59.3 Å². The van der Waals surface area contributed by atoms with Crippen LogP contribution in [0.4, 0.5) is 0 Å². The second-order valence-electron chi connectivity index (χ2n) is 4.96. The van der Waals surface area contributed by atoms with Gasteiger partial charge in [-0.15, -0.1) is 0 Å². The van der Waals surface area contributed by atoms with Crippen LogP contribution in [-0.2, 0) is 11.3 Å². The monoisotopic (exact) mass is 259 g/mol. The van der Waals surface area contributed by atoms with E-state index in [1.807, 2.05) is 32.9 Å². The third-order valence-corrected chi connectivity index (χ3v) is 2.96. The van der Waals surface area contributed by atoms with Crippen LogP contribution in [0.3, 0.4) is 0 Å². The zero-order chi connectivity index (χ0) is 14.0. The van der Waals surface area contributed by atoms with Gasteiger partial charge >= 0.3 is 5.63 Å². The molecule has 0 saturated carbocycles. The van der Waals surface area contributed by atoms with Crippen molar-refractivity contribution in [3.63, 3.8) is 0 Å². The molecule has 0 bridgehead atoms. The molecule has 0 fully saturated rings. The van der Waals surface area contributed by atoms with Crippen LogP contribution in [0.2, 0.25) is 0 Å². The summed E-state index contributed by atoms with van der Waals surface area (Å²) in [5.41, 5.74) is 2.01. The fraction of sp³-hybridized carbons (Fsp3) is 0.333. The summed E-state index contributed by atoms with van der Waals surface area (Å²) in [5, 5.41) is 3.68. The summed E-state index contributed by atoms with van der Waals surface area (Å²) in [6.07, 6.45) is 0. The molecule has 1 amide bonds. The number of nitrogens with one attached hydrogen (secondary N) is 1. The fourth-order valence-electron chi connectivity index (χ4n) is 1.87. The Hall–Kier alpha value is -2.10. The molecule has 0 atom stereocenters. The number of aryl methyl sites for hydroxylation is 1. The van der Waals surface area contributed by atoms with Gasteiger partial charge in [0.15, 0.2) is 0 Å². The fourth-order valence-corrected chi connectivity index (χ4v) is 1.87. The first-order chi connectivity index (χ1) is 8.97. The lowest BCUT2D eigenvalue weighted by molar-refractivity contribution is -0.124. The molecule has 0 spiro atoms. The first-order valence-corrected chi connectivity index (χ1v) is 6.28. The van der Waals surface area contributed by atoms with Gasteiger partial charge in [-0.05, 0) is 24.6 Å². The molecule has 4 nitrogen and oxygen atoms in total. The van der Waals surface area contributed by atoms with Gasteiger partial charge in [-0.1, -0.05) is 25.5 Å². The lowest BCUT2D eigenvalue weighted by Gasteiger charge is -2.09. The van der Waals surface area contributed by atoms with Crippen molar-refractivity contribution in [3.05, 3.63) is 45.8 Å². The quantitative estimate of drug-likeness (QED) is 0.861. The van der Waals surface area contributed by atoms with Crippen molar-refractivity contribution >= 4 is 16.9 Å². The maximum atomic E-state index is 11.6. The van der Waals surface area contributed by atoms with Gasteiger partial charge in [0.2, 0.25) is 5.91 Å². The van der Waals surface area contributed by atoms with Crippen molar-refractivity contribution in [1.29, 1.82) is 0 Å². The smallest absolute Gasteiger partial charge is 0.336 e. The molecule has 0 saturated heterocycles. The Morgan fingerprint density at radius 2 is 2.05 bits per heavy atom. The standard InChI is InChI=1S/C15H17NO3/c1-9(2)15(18)16-8-11-7-14(17)19-13-5-4-10(3)6-12(11)13/h4-7,9H,8H2,1-3H3,(H,16,18). The van der Waals surface area contributed by atoms with Gasteiger partial charge in [0.05, 0.1) is 0 Å². The molecule has 1 aromatic carbocycles. The van der Waals surface area contributed by atoms with Crippen molar-refractivity contribution < 1.29 is 9.21 Å². The van der Waals surface area contributed by atoms with Gasteiger partial charge in [-0.2, -0.15) is 0 Å². The first kappa shape index (κ1) is 13.3. The molecule has 0 aliphatic heterocycles. The first-order valence-electron chi connectivity index (χ1n) is 6.28. The summed E-state index contributed by atoms with van der Waals surface area (Å²) in [6, 6.07) is 7.05. The van der Waals surface area contributed by atoms with Crippen LogP contribution in [0, 0.1) is 12.8 Å². The van der Waals surface area contributed by atoms with E-state index in [4.69, 9.17) is 4.42 Å². The van der Waals surface area contributed by atoms with Crippen LogP contribution in [0.1, 0.15) is 25.0 Å². The van der Waals surface area contributed by atoms with E-state index in [1.54, 1.807) is 6.07 Å². The Labute approximate surface area is 111 Å². The van der Waals surface area contributed by atoms with E-state index in [9.17, 15) is 9.59 Å². The number of rotatable bonds is 3. The molecule has 2 rings (SSSR count). The minimum absolute atomic E-state index is 0.0333. The molecule has 19 heavy (non-hydrogen) atoms. The number of carbonyl (C=O) groups is 1. The van der Waals surface area contributed by atoms with Crippen molar-refractivity contribution in [2.24, 2.45) is 5.92 Å². The second kappa shape index (κ2) is 5.26. The highest BCUT2D eigenvalue weighted by molar-refractivity contribution is 5.82. The van der Waals surface area contributed by atoms with E-state index in [0.717, 1.165) is 16.5 Å². The van der Waals surface area contributed by atoms with E-state index >= 15 is 0 Å². The van der Waals surface area contributed by atoms with Crippen LogP contribution in [0.25, 0.3) is 11.0 Å². The van der Waals surface area contributed by atoms with Crippen molar-refractivity contribution in [2.45, 2.75) is 27.3 Å². The van der Waals surface area contributed by atoms with Crippen LogP contribution in [0.15, 0.2) is 33.5 Å². The zero-order valence-electron chi connectivity index (χ0n) is 11.3. The van der Waals surface area contributed by atoms with Gasteiger partial charge < -0.3 is 9.73 Å². The van der Waals surface area contributed by atoms with Crippen molar-refractivity contribution in [1.82, 2.24) is 5.32 Å². The lowest BCUT2D eigenvalue weighted by Crippen LogP contribution is -2.27. The predicted molar refractivity (Wildman–Crippen MR) is 73.9 cm³/mol. The van der Waals surface area contributed by atoms with Gasteiger partial charge in [0.1, 0.15) is 5.58 Å². The predicted octanol–water partition coefficient (Wildman–Crippen LogP) is 2.37. The third kappa shape index (κ3) is 3.02. The molecular weight excluding hydrogens is 242 g/mol. The highest BCUT2D eigenvalue weighted by Crippen LogP contribution is 2.18. The average Bonchev–Trinajstić information content (AvgIpc) is 2.36. The molecule has 0 unspecified atom stereocenters. The molecule has 1 N–H and O–H groups in total. The number of hydrogen-bond donors (Lipinski definition) is 1. The normalized spacial score (nSPS) is 10.9. The number of hydrogen-bond acceptors (Lipinski definition) is 3. The van der Waals surface area contributed by atoms with E-state index in [0.29, 0.717) is 12.1 Å². The second-order valence-corrected chi connectivity index (χ2v) is 4.96. The van der Waals surface area contributed by atoms with Crippen LogP contribution < -0.4 is 10.9 Å². The molecule has 100 valence electrons. The molecule has 0 aliphatic carbocycles. The van der Waals surface area contributed by atoms with E-state index in [-0.39, 0.29) is 11.8 Å². The number of benzene rings is 1. The Morgan fingerprint density at radius 3 is 2.74 bits per heavy atom. The highest BCUT2D eigenvalue weighted by Gasteiger charge is 2.09. The van der Waals surface area contributed by atoms with Gasteiger partial charge in [0.25, 0.3) is 0 Å². The number of fused-ring (bicyclic) bond motifs is 1. The number of amides is 1. The number of carbonyl (C=O) groups excluding carboxylic acids is 1. The molecule has 4 heteroatoms. The van der Waals surface area contributed by atoms with Crippen molar-refractivity contribution in [3.8, 4) is 0 Å². The summed E-state index contributed by atoms with van der Waals surface area (Å²) in [7, 11) is 0. The maximum Gasteiger partial charge on any atom is 0.336 e. The molecule has 1 heterocycles. The maximum absolute atomic E-state index is 11.6. The van der Waals surface area contributed by atoms with Crippen LogP contribution >= 0.6 is 0 Å². The third-order valence-electron chi connectivity index (χ3n) is 2.96. The zero-order valence-corrected chi connectivity index (χ0v) is 11.3. The summed E-state index contributed by atoms with van der Waals surface area (Å²) >= 11 is 0. The Morgan fingerprint density at radius 1 is 1.32 bits per heavy atom. The Balaban J connectivity index is 2.39. The highest BCUT2D eigenvalue weighted by atomic mass is 16.4. The van der Waals surface area contributed by atoms with Crippen molar-refractivity contribution in [2.75, 3.05) is 0 Å².